The molecule has 0 spiro atoms. The second-order valence-electron chi connectivity index (χ2n) is 11.4. The van der Waals surface area contributed by atoms with E-state index in [9.17, 15) is 19.1 Å². The monoisotopic (exact) mass is 611 g/mol. The molecular formula is C33H34FN7O4. The molecule has 0 bridgehead atoms. The number of amides is 2. The summed E-state index contributed by atoms with van der Waals surface area (Å²) in [5.74, 6) is -0.393. The van der Waals surface area contributed by atoms with Gasteiger partial charge in [-0.3, -0.25) is 9.48 Å². The van der Waals surface area contributed by atoms with Crippen molar-refractivity contribution in [2.24, 2.45) is 7.05 Å². The van der Waals surface area contributed by atoms with Crippen molar-refractivity contribution in [2.45, 2.75) is 38.5 Å². The molecule has 0 aliphatic heterocycles. The zero-order valence-corrected chi connectivity index (χ0v) is 25.4. The molecule has 12 heteroatoms. The van der Waals surface area contributed by atoms with Crippen LogP contribution in [0.15, 0.2) is 91.3 Å². The van der Waals surface area contributed by atoms with Crippen LogP contribution in [0.3, 0.4) is 0 Å². The minimum absolute atomic E-state index is 0.0969. The van der Waals surface area contributed by atoms with Gasteiger partial charge in [-0.05, 0) is 74.4 Å². The number of halogens is 1. The van der Waals surface area contributed by atoms with Crippen molar-refractivity contribution in [2.75, 3.05) is 6.54 Å². The number of benzene rings is 2. The van der Waals surface area contributed by atoms with Gasteiger partial charge in [-0.25, -0.2) is 18.9 Å². The van der Waals surface area contributed by atoms with Gasteiger partial charge in [0.2, 0.25) is 0 Å². The first-order chi connectivity index (χ1) is 21.4. The molecule has 2 aromatic carbocycles. The Morgan fingerprint density at radius 3 is 2.42 bits per heavy atom. The Bertz CT molecular complexity index is 1780. The summed E-state index contributed by atoms with van der Waals surface area (Å²) in [7, 11) is 1.64. The summed E-state index contributed by atoms with van der Waals surface area (Å²) in [6, 6.07) is 21.9. The van der Waals surface area contributed by atoms with Gasteiger partial charge in [-0.2, -0.15) is 10.2 Å². The minimum Gasteiger partial charge on any atom is -0.445 e. The molecule has 0 saturated carbocycles. The summed E-state index contributed by atoms with van der Waals surface area (Å²) in [6.07, 6.45) is 2.69. The van der Waals surface area contributed by atoms with Crippen LogP contribution >= 0.6 is 0 Å². The van der Waals surface area contributed by atoms with E-state index in [1.54, 1.807) is 69.7 Å². The molecule has 0 saturated heterocycles. The number of nitrogens with zero attached hydrogens (tertiary/aromatic N) is 5. The number of hydrogen-bond acceptors (Lipinski definition) is 7. The van der Waals surface area contributed by atoms with Gasteiger partial charge in [-0.1, -0.05) is 30.3 Å². The van der Waals surface area contributed by atoms with E-state index in [0.29, 0.717) is 22.6 Å². The number of hydrogen-bond donors (Lipinski definition) is 3. The zero-order chi connectivity index (χ0) is 32.2. The first kappa shape index (κ1) is 31.1. The number of ether oxygens (including phenoxy) is 1. The summed E-state index contributed by atoms with van der Waals surface area (Å²) in [4.78, 5) is 30.6. The molecule has 5 rings (SSSR count). The second-order valence-corrected chi connectivity index (χ2v) is 11.4. The lowest BCUT2D eigenvalue weighted by Gasteiger charge is -2.30. The molecule has 11 nitrogen and oxygen atoms in total. The highest BCUT2D eigenvalue weighted by molar-refractivity contribution is 5.93. The van der Waals surface area contributed by atoms with Crippen molar-refractivity contribution < 1.29 is 23.8 Å². The van der Waals surface area contributed by atoms with Crippen molar-refractivity contribution in [3.8, 4) is 17.1 Å². The first-order valence-corrected chi connectivity index (χ1v) is 14.2. The third-order valence-electron chi connectivity index (χ3n) is 7.30. The van der Waals surface area contributed by atoms with Crippen LogP contribution in [-0.4, -0.2) is 48.2 Å². The third kappa shape index (κ3) is 7.42. The van der Waals surface area contributed by atoms with Crippen LogP contribution < -0.4 is 10.6 Å². The number of carbonyl (C=O) groups excluding carboxylic acids is 2. The van der Waals surface area contributed by atoms with Crippen molar-refractivity contribution in [3.05, 3.63) is 120 Å². The zero-order valence-electron chi connectivity index (χ0n) is 25.4. The molecule has 3 N–H and O–H groups in total. The molecule has 45 heavy (non-hydrogen) atoms. The van der Waals surface area contributed by atoms with Crippen LogP contribution in [-0.2, 0) is 29.5 Å². The number of alkyl carbamates (subject to hydrolysis) is 1. The summed E-state index contributed by atoms with van der Waals surface area (Å²) in [5, 5.41) is 25.7. The van der Waals surface area contributed by atoms with Crippen molar-refractivity contribution >= 4 is 12.0 Å². The van der Waals surface area contributed by atoms with Crippen molar-refractivity contribution in [3.63, 3.8) is 0 Å². The summed E-state index contributed by atoms with van der Waals surface area (Å²) in [5.41, 5.74) is 0.367. The summed E-state index contributed by atoms with van der Waals surface area (Å²) < 4.78 is 22.1. The van der Waals surface area contributed by atoms with Crippen molar-refractivity contribution in [1.82, 2.24) is 35.2 Å². The molecule has 1 unspecified atom stereocenters. The van der Waals surface area contributed by atoms with Gasteiger partial charge in [0.25, 0.3) is 5.91 Å². The Morgan fingerprint density at radius 2 is 1.73 bits per heavy atom. The molecule has 5 aromatic rings. The maximum Gasteiger partial charge on any atom is 0.408 e. The van der Waals surface area contributed by atoms with E-state index in [2.05, 4.69) is 25.8 Å². The maximum atomic E-state index is 13.7. The molecular weight excluding hydrogens is 577 g/mol. The Balaban J connectivity index is 1.38. The van der Waals surface area contributed by atoms with E-state index in [4.69, 9.17) is 4.74 Å². The van der Waals surface area contributed by atoms with Crippen LogP contribution in [0.2, 0.25) is 0 Å². The van der Waals surface area contributed by atoms with E-state index in [-0.39, 0.29) is 24.5 Å². The SMILES string of the molecule is Cn1nc(-n2cccn2)cc1C(=O)NCC(C)(O)c1cc(C(C)(C)NC(=O)OCc2ccccc2)cc(-c2ccc(F)cc2)n1. The predicted octanol–water partition coefficient (Wildman–Crippen LogP) is 4.61. The number of pyridine rings is 1. The van der Waals surface area contributed by atoms with Crippen LogP contribution in [0.4, 0.5) is 9.18 Å². The quantitative estimate of drug-likeness (QED) is 0.210. The second kappa shape index (κ2) is 12.7. The molecule has 0 radical (unpaired) electrons. The molecule has 0 fully saturated rings. The number of nitrogens with one attached hydrogen (secondary N) is 2. The molecule has 0 aliphatic rings. The van der Waals surface area contributed by atoms with Crippen LogP contribution in [0.1, 0.15) is 48.1 Å². The average molecular weight is 612 g/mol. The molecule has 3 aromatic heterocycles. The van der Waals surface area contributed by atoms with Crippen LogP contribution in [0, 0.1) is 5.82 Å². The van der Waals surface area contributed by atoms with Gasteiger partial charge >= 0.3 is 6.09 Å². The molecule has 232 valence electrons. The van der Waals surface area contributed by atoms with Gasteiger partial charge in [0.1, 0.15) is 23.7 Å². The number of aliphatic hydroxyl groups is 1. The highest BCUT2D eigenvalue weighted by Gasteiger charge is 2.31. The largest absolute Gasteiger partial charge is 0.445 e. The standard InChI is InChI=1S/C33H34FN7O4/c1-32(2,38-31(43)45-20-22-9-6-5-7-10-22)24-17-26(23-11-13-25(34)14-12-23)37-28(18-24)33(3,44)21-35-30(42)27-19-29(39-40(27)4)41-16-8-15-36-41/h5-19,44H,20-21H2,1-4H3,(H,35,42)(H,38,43). The van der Waals surface area contributed by atoms with Crippen LogP contribution in [0.5, 0.6) is 0 Å². The highest BCUT2D eigenvalue weighted by Crippen LogP contribution is 2.30. The summed E-state index contributed by atoms with van der Waals surface area (Å²) >= 11 is 0. The fourth-order valence-corrected chi connectivity index (χ4v) is 4.64. The Hall–Kier alpha value is -5.36. The number of aromatic nitrogens is 5. The van der Waals surface area contributed by atoms with Crippen molar-refractivity contribution in [1.29, 1.82) is 0 Å². The summed E-state index contributed by atoms with van der Waals surface area (Å²) in [6.45, 7) is 5.02. The van der Waals surface area contributed by atoms with E-state index < -0.39 is 29.0 Å². The smallest absolute Gasteiger partial charge is 0.408 e. The molecule has 3 heterocycles. The molecule has 2 amide bonds. The fraction of sp³-hybridized carbons (Fsp3) is 0.242. The topological polar surface area (TPSA) is 136 Å². The third-order valence-corrected chi connectivity index (χ3v) is 7.30. The lowest BCUT2D eigenvalue weighted by Crippen LogP contribution is -2.42. The number of carbonyl (C=O) groups is 2. The predicted molar refractivity (Wildman–Crippen MR) is 165 cm³/mol. The minimum atomic E-state index is -1.65. The Kier molecular flexibility index (Phi) is 8.77. The van der Waals surface area contributed by atoms with Gasteiger partial charge < -0.3 is 20.5 Å². The maximum absolute atomic E-state index is 13.7. The Labute approximate surface area is 259 Å². The van der Waals surface area contributed by atoms with E-state index >= 15 is 0 Å². The molecule has 0 aliphatic carbocycles. The van der Waals surface area contributed by atoms with Gasteiger partial charge in [0.05, 0.1) is 23.5 Å². The lowest BCUT2D eigenvalue weighted by molar-refractivity contribution is 0.0486. The van der Waals surface area contributed by atoms with Crippen LogP contribution in [0.25, 0.3) is 17.1 Å². The van der Waals surface area contributed by atoms with E-state index in [1.165, 1.54) is 28.4 Å². The highest BCUT2D eigenvalue weighted by atomic mass is 19.1. The number of aryl methyl sites for hydroxylation is 1. The first-order valence-electron chi connectivity index (χ1n) is 14.2. The van der Waals surface area contributed by atoms with Gasteiger partial charge in [0, 0.05) is 31.1 Å². The van der Waals surface area contributed by atoms with Gasteiger partial charge in [0.15, 0.2) is 5.82 Å². The number of rotatable bonds is 10. The normalized spacial score (nSPS) is 12.8. The van der Waals surface area contributed by atoms with E-state index in [1.807, 2.05) is 30.3 Å². The average Bonchev–Trinajstić information content (AvgIpc) is 3.70. The Morgan fingerprint density at radius 1 is 1.00 bits per heavy atom. The fourth-order valence-electron chi connectivity index (χ4n) is 4.64. The lowest BCUT2D eigenvalue weighted by atomic mass is 9.89. The van der Waals surface area contributed by atoms with Gasteiger partial charge in [-0.15, -0.1) is 0 Å². The van der Waals surface area contributed by atoms with E-state index in [0.717, 1.165) is 5.56 Å². The molecule has 1 atom stereocenters.